The summed E-state index contributed by atoms with van der Waals surface area (Å²) in [6, 6.07) is 10.0. The zero-order valence-corrected chi connectivity index (χ0v) is 11.6. The molecule has 2 atom stereocenters. The van der Waals surface area contributed by atoms with Gasteiger partial charge in [-0.3, -0.25) is 0 Å². The number of aryl methyl sites for hydroxylation is 1. The molecule has 106 valence electrons. The quantitative estimate of drug-likeness (QED) is 0.918. The van der Waals surface area contributed by atoms with Gasteiger partial charge < -0.3 is 14.4 Å². The molecule has 0 radical (unpaired) electrons. The smallest absolute Gasteiger partial charge is 0.166 e. The Hall–Kier alpha value is -1.72. The van der Waals surface area contributed by atoms with Gasteiger partial charge in [-0.15, -0.1) is 10.2 Å². The van der Waals surface area contributed by atoms with Crippen molar-refractivity contribution in [3.8, 4) is 0 Å². The Morgan fingerprint density at radius 1 is 1.35 bits per heavy atom. The van der Waals surface area contributed by atoms with Crippen molar-refractivity contribution in [2.45, 2.75) is 25.5 Å². The van der Waals surface area contributed by atoms with Gasteiger partial charge in [0.2, 0.25) is 0 Å². The second-order valence-electron chi connectivity index (χ2n) is 5.20. The van der Waals surface area contributed by atoms with Crippen LogP contribution in [0.15, 0.2) is 30.3 Å². The molecule has 1 aliphatic rings. The molecule has 1 N–H and O–H groups in total. The van der Waals surface area contributed by atoms with Crippen molar-refractivity contribution in [1.82, 2.24) is 14.8 Å². The van der Waals surface area contributed by atoms with Crippen LogP contribution in [-0.2, 0) is 17.7 Å². The van der Waals surface area contributed by atoms with Crippen LogP contribution in [0.25, 0.3) is 0 Å². The summed E-state index contributed by atoms with van der Waals surface area (Å²) in [7, 11) is 1.69. The van der Waals surface area contributed by atoms with Gasteiger partial charge in [0.15, 0.2) is 5.82 Å². The van der Waals surface area contributed by atoms with Crippen molar-refractivity contribution >= 4 is 0 Å². The second-order valence-corrected chi connectivity index (χ2v) is 5.20. The molecule has 1 aromatic heterocycles. The van der Waals surface area contributed by atoms with Gasteiger partial charge in [-0.2, -0.15) is 0 Å². The molecule has 20 heavy (non-hydrogen) atoms. The molecular formula is C15H19N3O2. The fourth-order valence-electron chi connectivity index (χ4n) is 2.78. The summed E-state index contributed by atoms with van der Waals surface area (Å²) in [5, 5.41) is 18.0. The molecule has 1 aromatic carbocycles. The van der Waals surface area contributed by atoms with Gasteiger partial charge in [0.05, 0.1) is 0 Å². The Balaban J connectivity index is 1.96. The van der Waals surface area contributed by atoms with E-state index in [1.165, 1.54) is 0 Å². The summed E-state index contributed by atoms with van der Waals surface area (Å²) in [4.78, 5) is 0. The number of rotatable bonds is 4. The maximum absolute atomic E-state index is 9.37. The molecule has 0 bridgehead atoms. The molecule has 3 rings (SSSR count). The standard InChI is InChI=1S/C15H19N3O2/c1-20-14(12-5-3-2-4-6-12)15-17-16-13-8-7-11(10-19)9-18(13)15/h2-6,11,14,19H,7-10H2,1H3. The van der Waals surface area contributed by atoms with Crippen LogP contribution in [0.3, 0.4) is 0 Å². The summed E-state index contributed by atoms with van der Waals surface area (Å²) in [6.07, 6.45) is 1.62. The highest BCUT2D eigenvalue weighted by atomic mass is 16.5. The number of aliphatic hydroxyl groups is 1. The summed E-state index contributed by atoms with van der Waals surface area (Å²) < 4.78 is 7.73. The monoisotopic (exact) mass is 273 g/mol. The maximum atomic E-state index is 9.37. The molecule has 1 aliphatic heterocycles. The number of nitrogens with zero attached hydrogens (tertiary/aromatic N) is 3. The first-order valence-electron chi connectivity index (χ1n) is 6.94. The first-order valence-corrected chi connectivity index (χ1v) is 6.94. The molecule has 0 amide bonds. The van der Waals surface area contributed by atoms with Crippen molar-refractivity contribution in [3.63, 3.8) is 0 Å². The van der Waals surface area contributed by atoms with Gasteiger partial charge in [-0.1, -0.05) is 30.3 Å². The maximum Gasteiger partial charge on any atom is 0.166 e. The summed E-state index contributed by atoms with van der Waals surface area (Å²) in [6.45, 7) is 0.973. The number of benzene rings is 1. The molecule has 0 fully saturated rings. The molecule has 2 heterocycles. The average Bonchev–Trinajstić information content (AvgIpc) is 2.92. The first kappa shape index (κ1) is 13.3. The lowest BCUT2D eigenvalue weighted by Crippen LogP contribution is -2.25. The molecule has 2 aromatic rings. The molecular weight excluding hydrogens is 254 g/mol. The van der Waals surface area contributed by atoms with Crippen molar-refractivity contribution in [2.24, 2.45) is 5.92 Å². The zero-order chi connectivity index (χ0) is 13.9. The highest BCUT2D eigenvalue weighted by Crippen LogP contribution is 2.28. The van der Waals surface area contributed by atoms with E-state index in [0.717, 1.165) is 36.6 Å². The van der Waals surface area contributed by atoms with E-state index in [1.54, 1.807) is 7.11 Å². The lowest BCUT2D eigenvalue weighted by Gasteiger charge is -2.24. The van der Waals surface area contributed by atoms with E-state index in [4.69, 9.17) is 4.74 Å². The highest BCUT2D eigenvalue weighted by Gasteiger charge is 2.27. The van der Waals surface area contributed by atoms with Crippen molar-refractivity contribution in [3.05, 3.63) is 47.5 Å². The first-order chi connectivity index (χ1) is 9.83. The van der Waals surface area contributed by atoms with Crippen LogP contribution < -0.4 is 0 Å². The van der Waals surface area contributed by atoms with Gasteiger partial charge in [0, 0.05) is 32.6 Å². The Morgan fingerprint density at radius 3 is 2.85 bits per heavy atom. The number of methoxy groups -OCH3 is 1. The lowest BCUT2D eigenvalue weighted by atomic mass is 10.00. The molecule has 5 heteroatoms. The van der Waals surface area contributed by atoms with Crippen molar-refractivity contribution in [2.75, 3.05) is 13.7 Å². The SMILES string of the molecule is COC(c1ccccc1)c1nnc2n1CC(CO)CC2. The highest BCUT2D eigenvalue weighted by molar-refractivity contribution is 5.23. The van der Waals surface area contributed by atoms with Crippen molar-refractivity contribution < 1.29 is 9.84 Å². The van der Waals surface area contributed by atoms with Crippen LogP contribution in [0.5, 0.6) is 0 Å². The minimum atomic E-state index is -0.213. The van der Waals surface area contributed by atoms with E-state index in [2.05, 4.69) is 14.8 Å². The Kier molecular flexibility index (Phi) is 3.80. The number of hydrogen-bond acceptors (Lipinski definition) is 4. The van der Waals surface area contributed by atoms with Crippen LogP contribution in [0.4, 0.5) is 0 Å². The number of aromatic nitrogens is 3. The fraction of sp³-hybridized carbons (Fsp3) is 0.467. The number of ether oxygens (including phenoxy) is 1. The minimum Gasteiger partial charge on any atom is -0.396 e. The Bertz CT molecular complexity index is 568. The van der Waals surface area contributed by atoms with Gasteiger partial charge in [-0.25, -0.2) is 0 Å². The summed E-state index contributed by atoms with van der Waals surface area (Å²) in [5.41, 5.74) is 1.07. The van der Waals surface area contributed by atoms with Crippen LogP contribution in [0, 0.1) is 5.92 Å². The van der Waals surface area contributed by atoms with E-state index < -0.39 is 0 Å². The number of aliphatic hydroxyl groups excluding tert-OH is 1. The summed E-state index contributed by atoms with van der Waals surface area (Å²) in [5.74, 6) is 2.10. The molecule has 2 unspecified atom stereocenters. The third kappa shape index (κ3) is 2.34. The van der Waals surface area contributed by atoms with E-state index in [0.29, 0.717) is 0 Å². The normalized spacial score (nSPS) is 19.6. The van der Waals surface area contributed by atoms with Gasteiger partial charge in [0.1, 0.15) is 11.9 Å². The van der Waals surface area contributed by atoms with E-state index in [9.17, 15) is 5.11 Å². The molecule has 0 saturated heterocycles. The fourth-order valence-corrected chi connectivity index (χ4v) is 2.78. The topological polar surface area (TPSA) is 60.2 Å². The minimum absolute atomic E-state index is 0.208. The van der Waals surface area contributed by atoms with Gasteiger partial charge >= 0.3 is 0 Å². The third-order valence-corrected chi connectivity index (χ3v) is 3.90. The lowest BCUT2D eigenvalue weighted by molar-refractivity contribution is 0.120. The number of hydrogen-bond donors (Lipinski definition) is 1. The zero-order valence-electron chi connectivity index (χ0n) is 11.6. The van der Waals surface area contributed by atoms with Gasteiger partial charge in [0.25, 0.3) is 0 Å². The van der Waals surface area contributed by atoms with E-state index in [-0.39, 0.29) is 18.6 Å². The van der Waals surface area contributed by atoms with Crippen molar-refractivity contribution in [1.29, 1.82) is 0 Å². The third-order valence-electron chi connectivity index (χ3n) is 3.90. The average molecular weight is 273 g/mol. The van der Waals surface area contributed by atoms with Gasteiger partial charge in [-0.05, 0) is 12.0 Å². The molecule has 5 nitrogen and oxygen atoms in total. The number of fused-ring (bicyclic) bond motifs is 1. The Morgan fingerprint density at radius 2 is 2.15 bits per heavy atom. The van der Waals surface area contributed by atoms with Crippen LogP contribution in [0.2, 0.25) is 0 Å². The van der Waals surface area contributed by atoms with Crippen LogP contribution in [0.1, 0.15) is 29.7 Å². The second kappa shape index (κ2) is 5.73. The van der Waals surface area contributed by atoms with E-state index >= 15 is 0 Å². The predicted octanol–water partition coefficient (Wildman–Crippen LogP) is 1.57. The molecule has 0 aliphatic carbocycles. The van der Waals surface area contributed by atoms with Crippen LogP contribution in [-0.4, -0.2) is 33.6 Å². The Labute approximate surface area is 118 Å². The predicted molar refractivity (Wildman–Crippen MR) is 74.2 cm³/mol. The summed E-state index contributed by atoms with van der Waals surface area (Å²) >= 11 is 0. The largest absolute Gasteiger partial charge is 0.396 e. The molecule has 0 spiro atoms. The molecule has 0 saturated carbocycles. The van der Waals surface area contributed by atoms with E-state index in [1.807, 2.05) is 30.3 Å². The van der Waals surface area contributed by atoms with Crippen LogP contribution >= 0.6 is 0 Å².